The zero-order valence-corrected chi connectivity index (χ0v) is 13.6. The van der Waals surface area contributed by atoms with Crippen molar-refractivity contribution in [1.29, 1.82) is 0 Å². The molecule has 2 rings (SSSR count). The van der Waals surface area contributed by atoms with Crippen molar-refractivity contribution in [3.05, 3.63) is 32.8 Å². The van der Waals surface area contributed by atoms with E-state index < -0.39 is 14.9 Å². The second kappa shape index (κ2) is 5.55. The highest BCUT2D eigenvalue weighted by atomic mass is 35.5. The molecule has 0 radical (unpaired) electrons. The van der Waals surface area contributed by atoms with E-state index in [4.69, 9.17) is 11.6 Å². The van der Waals surface area contributed by atoms with Crippen LogP contribution in [-0.2, 0) is 10.0 Å². The molecule has 0 saturated heterocycles. The molecule has 0 bridgehead atoms. The molecule has 1 atom stereocenters. The molecular formula is C13H17ClN2O4S. The number of rotatable bonds is 5. The average molecular weight is 333 g/mol. The second-order valence-electron chi connectivity index (χ2n) is 5.41. The van der Waals surface area contributed by atoms with E-state index in [0.29, 0.717) is 5.92 Å². The lowest BCUT2D eigenvalue weighted by Gasteiger charge is -2.24. The minimum absolute atomic E-state index is 0.0789. The van der Waals surface area contributed by atoms with Gasteiger partial charge >= 0.3 is 0 Å². The van der Waals surface area contributed by atoms with Crippen LogP contribution in [0.5, 0.6) is 0 Å². The maximum atomic E-state index is 12.6. The zero-order valence-electron chi connectivity index (χ0n) is 12.0. The Morgan fingerprint density at radius 3 is 2.48 bits per heavy atom. The van der Waals surface area contributed by atoms with Crippen LogP contribution < -0.4 is 0 Å². The van der Waals surface area contributed by atoms with E-state index in [-0.39, 0.29) is 27.2 Å². The maximum Gasteiger partial charge on any atom is 0.275 e. The summed E-state index contributed by atoms with van der Waals surface area (Å²) >= 11 is 5.94. The van der Waals surface area contributed by atoms with Crippen LogP contribution in [0.15, 0.2) is 17.0 Å². The monoisotopic (exact) mass is 332 g/mol. The largest absolute Gasteiger partial charge is 0.275 e. The van der Waals surface area contributed by atoms with Crippen LogP contribution in [0, 0.1) is 23.0 Å². The number of sulfonamides is 1. The lowest BCUT2D eigenvalue weighted by atomic mass is 10.2. The first-order valence-electron chi connectivity index (χ1n) is 6.59. The van der Waals surface area contributed by atoms with Crippen molar-refractivity contribution in [3.63, 3.8) is 0 Å². The van der Waals surface area contributed by atoms with Crippen LogP contribution in [-0.4, -0.2) is 30.7 Å². The number of nitro benzene ring substituents is 1. The third-order valence-corrected chi connectivity index (χ3v) is 6.36. The van der Waals surface area contributed by atoms with Gasteiger partial charge < -0.3 is 0 Å². The van der Waals surface area contributed by atoms with Crippen molar-refractivity contribution < 1.29 is 13.3 Å². The molecule has 0 heterocycles. The molecule has 1 saturated carbocycles. The summed E-state index contributed by atoms with van der Waals surface area (Å²) < 4.78 is 26.5. The van der Waals surface area contributed by atoms with Gasteiger partial charge in [-0.1, -0.05) is 11.6 Å². The molecule has 0 aliphatic heterocycles. The number of nitro groups is 1. The minimum atomic E-state index is -3.79. The third-order valence-electron chi connectivity index (χ3n) is 4.04. The molecule has 116 valence electrons. The fourth-order valence-corrected chi connectivity index (χ4v) is 3.99. The van der Waals surface area contributed by atoms with Gasteiger partial charge in [-0.3, -0.25) is 10.1 Å². The van der Waals surface area contributed by atoms with Crippen molar-refractivity contribution in [1.82, 2.24) is 4.31 Å². The second-order valence-corrected chi connectivity index (χ2v) is 7.81. The number of nitrogens with zero attached hydrogens (tertiary/aromatic N) is 2. The normalized spacial score (nSPS) is 17.0. The predicted octanol–water partition coefficient (Wildman–Crippen LogP) is 2.98. The predicted molar refractivity (Wildman–Crippen MR) is 80.0 cm³/mol. The Kier molecular flexibility index (Phi) is 4.28. The first kappa shape index (κ1) is 16.2. The molecule has 1 aromatic carbocycles. The highest BCUT2D eigenvalue weighted by molar-refractivity contribution is 7.89. The van der Waals surface area contributed by atoms with Crippen molar-refractivity contribution >= 4 is 27.3 Å². The smallest absolute Gasteiger partial charge is 0.258 e. The van der Waals surface area contributed by atoms with E-state index in [1.165, 1.54) is 24.3 Å². The van der Waals surface area contributed by atoms with Gasteiger partial charge in [0, 0.05) is 24.7 Å². The number of benzene rings is 1. The molecule has 1 aliphatic rings. The molecule has 0 amide bonds. The summed E-state index contributed by atoms with van der Waals surface area (Å²) in [6.45, 7) is 3.34. The van der Waals surface area contributed by atoms with Gasteiger partial charge in [0.15, 0.2) is 0 Å². The van der Waals surface area contributed by atoms with Crippen LogP contribution >= 0.6 is 11.6 Å². The Labute approximate surface area is 128 Å². The summed E-state index contributed by atoms with van der Waals surface area (Å²) in [5, 5.41) is 11.1. The number of halogens is 1. The lowest BCUT2D eigenvalue weighted by Crippen LogP contribution is -2.36. The van der Waals surface area contributed by atoms with E-state index in [2.05, 4.69) is 0 Å². The Bertz CT molecular complexity index is 686. The Morgan fingerprint density at radius 1 is 1.43 bits per heavy atom. The van der Waals surface area contributed by atoms with Crippen molar-refractivity contribution in [2.75, 3.05) is 7.05 Å². The fourth-order valence-electron chi connectivity index (χ4n) is 2.24. The minimum Gasteiger partial charge on any atom is -0.258 e. The van der Waals surface area contributed by atoms with Gasteiger partial charge in [0.1, 0.15) is 0 Å². The molecule has 0 aromatic heterocycles. The van der Waals surface area contributed by atoms with E-state index in [1.54, 1.807) is 0 Å². The van der Waals surface area contributed by atoms with E-state index in [0.717, 1.165) is 18.9 Å². The SMILES string of the molecule is Cc1c(Cl)cc(S(=O)(=O)N(C)C(C)C2CC2)cc1[N+](=O)[O-]. The Morgan fingerprint density at radius 2 is 2.00 bits per heavy atom. The van der Waals surface area contributed by atoms with Crippen LogP contribution in [0.1, 0.15) is 25.3 Å². The highest BCUT2D eigenvalue weighted by Crippen LogP contribution is 2.37. The molecule has 1 aliphatic carbocycles. The Hall–Kier alpha value is -1.18. The van der Waals surface area contributed by atoms with Gasteiger partial charge in [-0.2, -0.15) is 4.31 Å². The molecule has 6 nitrogen and oxygen atoms in total. The fraction of sp³-hybridized carbons (Fsp3) is 0.538. The van der Waals surface area contributed by atoms with E-state index in [1.807, 2.05) is 6.92 Å². The number of hydrogen-bond donors (Lipinski definition) is 0. The van der Waals surface area contributed by atoms with Gasteiger partial charge in [0.25, 0.3) is 5.69 Å². The molecule has 1 unspecified atom stereocenters. The first-order chi connectivity index (χ1) is 9.66. The van der Waals surface area contributed by atoms with Gasteiger partial charge in [0.05, 0.1) is 14.8 Å². The van der Waals surface area contributed by atoms with Crippen molar-refractivity contribution in [2.24, 2.45) is 5.92 Å². The summed E-state index contributed by atoms with van der Waals surface area (Å²) in [5.41, 5.74) is -0.0212. The van der Waals surface area contributed by atoms with Crippen LogP contribution in [0.4, 0.5) is 5.69 Å². The summed E-state index contributed by atoms with van der Waals surface area (Å²) in [6.07, 6.45) is 2.02. The Balaban J connectivity index is 2.47. The quantitative estimate of drug-likeness (QED) is 0.613. The van der Waals surface area contributed by atoms with Crippen LogP contribution in [0.25, 0.3) is 0 Å². The van der Waals surface area contributed by atoms with Crippen LogP contribution in [0.3, 0.4) is 0 Å². The molecule has 0 N–H and O–H groups in total. The summed E-state index contributed by atoms with van der Waals surface area (Å²) in [7, 11) is -2.30. The summed E-state index contributed by atoms with van der Waals surface area (Å²) in [4.78, 5) is 10.3. The zero-order chi connectivity index (χ0) is 15.9. The van der Waals surface area contributed by atoms with Gasteiger partial charge in [-0.15, -0.1) is 0 Å². The molecule has 0 spiro atoms. The van der Waals surface area contributed by atoms with Crippen molar-refractivity contribution in [3.8, 4) is 0 Å². The maximum absolute atomic E-state index is 12.6. The van der Waals surface area contributed by atoms with Gasteiger partial charge in [-0.05, 0) is 38.7 Å². The first-order valence-corrected chi connectivity index (χ1v) is 8.40. The average Bonchev–Trinajstić information content (AvgIpc) is 3.23. The van der Waals surface area contributed by atoms with E-state index >= 15 is 0 Å². The van der Waals surface area contributed by atoms with Crippen LogP contribution in [0.2, 0.25) is 5.02 Å². The molecular weight excluding hydrogens is 316 g/mol. The topological polar surface area (TPSA) is 80.5 Å². The molecule has 21 heavy (non-hydrogen) atoms. The van der Waals surface area contributed by atoms with E-state index in [9.17, 15) is 18.5 Å². The molecule has 1 aromatic rings. The van der Waals surface area contributed by atoms with Gasteiger partial charge in [0.2, 0.25) is 10.0 Å². The third kappa shape index (κ3) is 3.04. The lowest BCUT2D eigenvalue weighted by molar-refractivity contribution is -0.385. The molecule has 8 heteroatoms. The van der Waals surface area contributed by atoms with Gasteiger partial charge in [-0.25, -0.2) is 8.42 Å². The number of hydrogen-bond acceptors (Lipinski definition) is 4. The molecule has 1 fully saturated rings. The summed E-state index contributed by atoms with van der Waals surface area (Å²) in [6, 6.07) is 2.22. The van der Waals surface area contributed by atoms with Crippen molar-refractivity contribution in [2.45, 2.75) is 37.6 Å². The highest BCUT2D eigenvalue weighted by Gasteiger charge is 2.36. The standard InChI is InChI=1S/C13H17ClN2O4S/c1-8-12(14)6-11(7-13(8)16(17)18)21(19,20)15(3)9(2)10-4-5-10/h6-7,9-10H,4-5H2,1-3H3. The summed E-state index contributed by atoms with van der Waals surface area (Å²) in [5.74, 6) is 0.362.